The third-order valence-corrected chi connectivity index (χ3v) is 4.56. The lowest BCUT2D eigenvalue weighted by molar-refractivity contribution is 0.0995. The summed E-state index contributed by atoms with van der Waals surface area (Å²) >= 11 is 1.75. The second-order valence-corrected chi connectivity index (χ2v) is 5.95. The predicted molar refractivity (Wildman–Crippen MR) is 76.0 cm³/mol. The molecule has 0 spiro atoms. The average Bonchev–Trinajstić information content (AvgIpc) is 3.12. The molecule has 4 heteroatoms. The van der Waals surface area contributed by atoms with Gasteiger partial charge >= 0.3 is 0 Å². The summed E-state index contributed by atoms with van der Waals surface area (Å²) in [5.41, 5.74) is 1.38. The Kier molecular flexibility index (Phi) is 4.01. The number of thiophene rings is 1. The van der Waals surface area contributed by atoms with Crippen molar-refractivity contribution in [1.82, 2.24) is 4.90 Å². The van der Waals surface area contributed by atoms with E-state index < -0.39 is 6.10 Å². The number of likely N-dealkylation sites (tertiary alicyclic amines) is 1. The summed E-state index contributed by atoms with van der Waals surface area (Å²) in [6.07, 6.45) is 4.29. The fourth-order valence-electron chi connectivity index (χ4n) is 2.84. The fourth-order valence-corrected chi connectivity index (χ4v) is 3.50. The molecule has 3 rings (SSSR count). The first kappa shape index (κ1) is 12.9. The zero-order chi connectivity index (χ0) is 13.1. The fraction of sp³-hybridized carbons (Fsp3) is 0.467. The Morgan fingerprint density at radius 3 is 3.16 bits per heavy atom. The minimum atomic E-state index is -0.483. The smallest absolute Gasteiger partial charge is 0.132 e. The van der Waals surface area contributed by atoms with Crippen LogP contribution in [0.15, 0.2) is 39.6 Å². The highest BCUT2D eigenvalue weighted by atomic mass is 32.1. The van der Waals surface area contributed by atoms with E-state index in [1.54, 1.807) is 17.6 Å². The lowest BCUT2D eigenvalue weighted by Gasteiger charge is -2.25. The van der Waals surface area contributed by atoms with E-state index in [1.165, 1.54) is 18.4 Å². The first-order valence-electron chi connectivity index (χ1n) is 6.79. The Morgan fingerprint density at radius 1 is 1.47 bits per heavy atom. The molecule has 0 bridgehead atoms. The molecule has 1 aliphatic rings. The highest BCUT2D eigenvalue weighted by Crippen LogP contribution is 2.29. The Morgan fingerprint density at radius 2 is 2.42 bits per heavy atom. The third-order valence-electron chi connectivity index (χ3n) is 3.83. The van der Waals surface area contributed by atoms with Gasteiger partial charge in [-0.2, -0.15) is 11.3 Å². The summed E-state index contributed by atoms with van der Waals surface area (Å²) in [6.45, 7) is 2.13. The minimum absolute atomic E-state index is 0.458. The summed E-state index contributed by atoms with van der Waals surface area (Å²) in [5.74, 6) is 0.683. The van der Waals surface area contributed by atoms with Crippen molar-refractivity contribution in [1.29, 1.82) is 0 Å². The molecule has 102 valence electrons. The molecule has 1 fully saturated rings. The van der Waals surface area contributed by atoms with E-state index in [0.29, 0.717) is 11.8 Å². The van der Waals surface area contributed by atoms with Crippen LogP contribution in [-0.4, -0.2) is 22.6 Å². The molecule has 3 heterocycles. The molecule has 1 aliphatic heterocycles. The van der Waals surface area contributed by atoms with E-state index in [1.807, 2.05) is 12.1 Å². The molecular weight excluding hydrogens is 258 g/mol. The normalized spacial score (nSPS) is 21.8. The molecular formula is C15H19NO2S. The lowest BCUT2D eigenvalue weighted by atomic mass is 10.0. The Bertz CT molecular complexity index is 480. The van der Waals surface area contributed by atoms with Crippen LogP contribution in [0.4, 0.5) is 0 Å². The van der Waals surface area contributed by atoms with E-state index in [2.05, 4.69) is 21.7 Å². The van der Waals surface area contributed by atoms with E-state index in [4.69, 9.17) is 4.42 Å². The summed E-state index contributed by atoms with van der Waals surface area (Å²) < 4.78 is 5.28. The minimum Gasteiger partial charge on any atom is -0.467 e. The Balaban J connectivity index is 1.60. The number of hydrogen-bond donors (Lipinski definition) is 1. The zero-order valence-electron chi connectivity index (χ0n) is 10.9. The molecule has 19 heavy (non-hydrogen) atoms. The molecule has 0 aromatic carbocycles. The van der Waals surface area contributed by atoms with Crippen LogP contribution in [-0.2, 0) is 6.54 Å². The molecule has 3 nitrogen and oxygen atoms in total. The second kappa shape index (κ2) is 5.90. The zero-order valence-corrected chi connectivity index (χ0v) is 11.7. The van der Waals surface area contributed by atoms with Crippen molar-refractivity contribution in [3.8, 4) is 0 Å². The van der Waals surface area contributed by atoms with Gasteiger partial charge in [-0.25, -0.2) is 0 Å². The highest BCUT2D eigenvalue weighted by Gasteiger charge is 2.27. The van der Waals surface area contributed by atoms with Gasteiger partial charge in [0.05, 0.1) is 6.26 Å². The maximum atomic E-state index is 10.2. The Labute approximate surface area is 117 Å². The van der Waals surface area contributed by atoms with Crippen LogP contribution < -0.4 is 0 Å². The molecule has 2 aromatic rings. The van der Waals surface area contributed by atoms with Crippen LogP contribution in [0.2, 0.25) is 0 Å². The average molecular weight is 277 g/mol. The largest absolute Gasteiger partial charge is 0.467 e. The van der Waals surface area contributed by atoms with Crippen LogP contribution in [0.3, 0.4) is 0 Å². The first-order valence-corrected chi connectivity index (χ1v) is 7.74. The number of rotatable bonds is 5. The number of aliphatic hydroxyl groups excluding tert-OH is 1. The number of furan rings is 1. The van der Waals surface area contributed by atoms with Crippen LogP contribution >= 0.6 is 11.3 Å². The van der Waals surface area contributed by atoms with Crippen molar-refractivity contribution in [2.24, 2.45) is 0 Å². The molecule has 0 amide bonds. The van der Waals surface area contributed by atoms with Gasteiger partial charge in [-0.1, -0.05) is 0 Å². The van der Waals surface area contributed by atoms with Crippen molar-refractivity contribution in [3.05, 3.63) is 46.5 Å². The van der Waals surface area contributed by atoms with Gasteiger partial charge in [-0.05, 0) is 60.3 Å². The Hall–Kier alpha value is -1.10. The summed E-state index contributed by atoms with van der Waals surface area (Å²) in [4.78, 5) is 2.48. The van der Waals surface area contributed by atoms with E-state index in [9.17, 15) is 5.11 Å². The first-order chi connectivity index (χ1) is 9.33. The van der Waals surface area contributed by atoms with Gasteiger partial charge in [0.1, 0.15) is 11.9 Å². The second-order valence-electron chi connectivity index (χ2n) is 5.17. The van der Waals surface area contributed by atoms with Crippen LogP contribution in [0, 0.1) is 0 Å². The monoisotopic (exact) mass is 277 g/mol. The van der Waals surface area contributed by atoms with Gasteiger partial charge in [0.2, 0.25) is 0 Å². The maximum absolute atomic E-state index is 10.2. The molecule has 0 radical (unpaired) electrons. The molecule has 1 saturated heterocycles. The van der Waals surface area contributed by atoms with Crippen LogP contribution in [0.1, 0.15) is 36.7 Å². The predicted octanol–water partition coefficient (Wildman–Crippen LogP) is 3.43. The lowest BCUT2D eigenvalue weighted by Crippen LogP contribution is -2.30. The standard InChI is InChI=1S/C15H19NO2S/c17-14(15-4-2-7-18-15)9-13-3-1-6-16(13)10-12-5-8-19-11-12/h2,4-5,7-8,11,13-14,17H,1,3,6,9-10H2. The van der Waals surface area contributed by atoms with Gasteiger partial charge in [-0.15, -0.1) is 0 Å². The quantitative estimate of drug-likeness (QED) is 0.909. The van der Waals surface area contributed by atoms with Gasteiger partial charge in [-0.3, -0.25) is 4.90 Å². The van der Waals surface area contributed by atoms with Crippen molar-refractivity contribution in [2.75, 3.05) is 6.54 Å². The van der Waals surface area contributed by atoms with E-state index >= 15 is 0 Å². The summed E-state index contributed by atoms with van der Waals surface area (Å²) in [6, 6.07) is 6.32. The molecule has 2 aromatic heterocycles. The maximum Gasteiger partial charge on any atom is 0.132 e. The van der Waals surface area contributed by atoms with Gasteiger partial charge in [0.15, 0.2) is 0 Å². The third kappa shape index (κ3) is 3.08. The molecule has 2 unspecified atom stereocenters. The number of hydrogen-bond acceptors (Lipinski definition) is 4. The topological polar surface area (TPSA) is 36.6 Å². The molecule has 0 aliphatic carbocycles. The van der Waals surface area contributed by atoms with E-state index in [-0.39, 0.29) is 0 Å². The van der Waals surface area contributed by atoms with Crippen molar-refractivity contribution in [2.45, 2.75) is 38.0 Å². The van der Waals surface area contributed by atoms with Crippen molar-refractivity contribution in [3.63, 3.8) is 0 Å². The molecule has 0 saturated carbocycles. The van der Waals surface area contributed by atoms with Crippen molar-refractivity contribution < 1.29 is 9.52 Å². The van der Waals surface area contributed by atoms with Gasteiger partial charge in [0, 0.05) is 12.6 Å². The summed E-state index contributed by atoms with van der Waals surface area (Å²) in [7, 11) is 0. The highest BCUT2D eigenvalue weighted by molar-refractivity contribution is 7.07. The molecule has 1 N–H and O–H groups in total. The van der Waals surface area contributed by atoms with Crippen LogP contribution in [0.5, 0.6) is 0 Å². The summed E-state index contributed by atoms with van der Waals surface area (Å²) in [5, 5.41) is 14.5. The number of aliphatic hydroxyl groups is 1. The number of nitrogens with zero attached hydrogens (tertiary/aromatic N) is 1. The molecule has 2 atom stereocenters. The van der Waals surface area contributed by atoms with Gasteiger partial charge < -0.3 is 9.52 Å². The van der Waals surface area contributed by atoms with Crippen molar-refractivity contribution >= 4 is 11.3 Å². The SMILES string of the molecule is OC(CC1CCCN1Cc1ccsc1)c1ccco1. The van der Waals surface area contributed by atoms with Crippen LogP contribution in [0.25, 0.3) is 0 Å². The van der Waals surface area contributed by atoms with E-state index in [0.717, 1.165) is 19.5 Å². The van der Waals surface area contributed by atoms with Gasteiger partial charge in [0.25, 0.3) is 0 Å².